The van der Waals surface area contributed by atoms with Crippen molar-refractivity contribution in [1.82, 2.24) is 4.98 Å². The smallest absolute Gasteiger partial charge is 0.269 e. The van der Waals surface area contributed by atoms with Gasteiger partial charge in [0.15, 0.2) is 0 Å². The van der Waals surface area contributed by atoms with Crippen molar-refractivity contribution in [2.75, 3.05) is 5.43 Å². The number of non-ortho nitro benzene ring substituents is 1. The van der Waals surface area contributed by atoms with Crippen LogP contribution < -0.4 is 5.43 Å². The summed E-state index contributed by atoms with van der Waals surface area (Å²) >= 11 is 0. The van der Waals surface area contributed by atoms with Gasteiger partial charge in [0.1, 0.15) is 0 Å². The Balaban J connectivity index is 1.98. The van der Waals surface area contributed by atoms with Crippen LogP contribution in [0.2, 0.25) is 0 Å². The molecule has 18 heavy (non-hydrogen) atoms. The lowest BCUT2D eigenvalue weighted by atomic mass is 10.3. The summed E-state index contributed by atoms with van der Waals surface area (Å²) < 4.78 is 0. The second-order valence-electron chi connectivity index (χ2n) is 3.43. The largest absolute Gasteiger partial charge is 0.278 e. The predicted octanol–water partition coefficient (Wildman–Crippen LogP) is 2.44. The number of aromatic nitrogens is 1. The Labute approximate surface area is 103 Å². The van der Waals surface area contributed by atoms with Gasteiger partial charge in [-0.15, -0.1) is 0 Å². The molecule has 1 aromatic carbocycles. The maximum Gasteiger partial charge on any atom is 0.269 e. The number of nitro groups is 1. The molecule has 2 rings (SSSR count). The molecule has 2 aromatic rings. The molecule has 1 heterocycles. The average Bonchev–Trinajstić information content (AvgIpc) is 2.40. The number of anilines is 1. The lowest BCUT2D eigenvalue weighted by Gasteiger charge is -1.98. The first-order chi connectivity index (χ1) is 8.75. The standard InChI is InChI=1S/C12H10N4O2/c17-16(18)12-6-4-10(5-7-12)15-14-9-11-3-1-2-8-13-11/h1-9,15H. The third kappa shape index (κ3) is 3.11. The highest BCUT2D eigenvalue weighted by Gasteiger charge is 2.02. The molecule has 1 N–H and O–H groups in total. The molecule has 0 amide bonds. The monoisotopic (exact) mass is 242 g/mol. The molecule has 0 saturated heterocycles. The summed E-state index contributed by atoms with van der Waals surface area (Å²) in [5, 5.41) is 14.4. The molecule has 0 atom stereocenters. The molecule has 0 fully saturated rings. The number of hydrogen-bond acceptors (Lipinski definition) is 5. The zero-order chi connectivity index (χ0) is 12.8. The molecule has 6 heteroatoms. The van der Waals surface area contributed by atoms with Gasteiger partial charge in [-0.3, -0.25) is 20.5 Å². The highest BCUT2D eigenvalue weighted by Crippen LogP contribution is 2.15. The number of benzene rings is 1. The van der Waals surface area contributed by atoms with E-state index in [-0.39, 0.29) is 5.69 Å². The number of hydrazone groups is 1. The molecule has 0 spiro atoms. The van der Waals surface area contributed by atoms with E-state index in [1.807, 2.05) is 18.2 Å². The van der Waals surface area contributed by atoms with Crippen LogP contribution in [0.15, 0.2) is 53.8 Å². The van der Waals surface area contributed by atoms with E-state index in [9.17, 15) is 10.1 Å². The van der Waals surface area contributed by atoms with Gasteiger partial charge in [-0.1, -0.05) is 6.07 Å². The highest BCUT2D eigenvalue weighted by molar-refractivity contribution is 5.77. The van der Waals surface area contributed by atoms with Gasteiger partial charge >= 0.3 is 0 Å². The number of pyridine rings is 1. The number of rotatable bonds is 4. The normalized spacial score (nSPS) is 10.4. The highest BCUT2D eigenvalue weighted by atomic mass is 16.6. The Morgan fingerprint density at radius 2 is 2.00 bits per heavy atom. The minimum absolute atomic E-state index is 0.0502. The van der Waals surface area contributed by atoms with Crippen LogP contribution in [-0.2, 0) is 0 Å². The fraction of sp³-hybridized carbons (Fsp3) is 0. The number of nitro benzene ring substituents is 1. The maximum atomic E-state index is 10.5. The second kappa shape index (κ2) is 5.53. The van der Waals surface area contributed by atoms with Gasteiger partial charge in [0.05, 0.1) is 22.5 Å². The van der Waals surface area contributed by atoms with E-state index < -0.39 is 4.92 Å². The minimum Gasteiger partial charge on any atom is -0.278 e. The first-order valence-electron chi connectivity index (χ1n) is 5.20. The van der Waals surface area contributed by atoms with Crippen LogP contribution in [0.25, 0.3) is 0 Å². The summed E-state index contributed by atoms with van der Waals surface area (Å²) in [6, 6.07) is 11.5. The van der Waals surface area contributed by atoms with Crippen molar-refractivity contribution in [2.24, 2.45) is 5.10 Å². The van der Waals surface area contributed by atoms with Crippen LogP contribution in [-0.4, -0.2) is 16.1 Å². The molecule has 0 aliphatic heterocycles. The van der Waals surface area contributed by atoms with Gasteiger partial charge in [0, 0.05) is 18.3 Å². The Bertz CT molecular complexity index is 552. The lowest BCUT2D eigenvalue weighted by molar-refractivity contribution is -0.384. The summed E-state index contributed by atoms with van der Waals surface area (Å²) in [5.41, 5.74) is 4.22. The van der Waals surface area contributed by atoms with Crippen LogP contribution >= 0.6 is 0 Å². The van der Waals surface area contributed by atoms with Crippen molar-refractivity contribution < 1.29 is 4.92 Å². The summed E-state index contributed by atoms with van der Waals surface area (Å²) in [4.78, 5) is 14.1. The summed E-state index contributed by atoms with van der Waals surface area (Å²) in [5.74, 6) is 0. The third-order valence-electron chi connectivity index (χ3n) is 2.16. The number of nitrogens with zero attached hydrogens (tertiary/aromatic N) is 3. The Kier molecular flexibility index (Phi) is 3.60. The Morgan fingerprint density at radius 3 is 2.61 bits per heavy atom. The summed E-state index contributed by atoms with van der Waals surface area (Å²) in [7, 11) is 0. The van der Waals surface area contributed by atoms with Crippen LogP contribution in [0.1, 0.15) is 5.69 Å². The molecule has 1 aromatic heterocycles. The van der Waals surface area contributed by atoms with Crippen molar-refractivity contribution in [3.05, 3.63) is 64.5 Å². The first-order valence-corrected chi connectivity index (χ1v) is 5.20. The molecule has 0 radical (unpaired) electrons. The summed E-state index contributed by atoms with van der Waals surface area (Å²) in [6.07, 6.45) is 3.24. The molecule has 0 saturated carbocycles. The van der Waals surface area contributed by atoms with Crippen molar-refractivity contribution in [3.8, 4) is 0 Å². The van der Waals surface area contributed by atoms with E-state index in [4.69, 9.17) is 0 Å². The van der Waals surface area contributed by atoms with E-state index in [0.29, 0.717) is 5.69 Å². The van der Waals surface area contributed by atoms with Crippen LogP contribution in [0.4, 0.5) is 11.4 Å². The maximum absolute atomic E-state index is 10.5. The molecule has 0 aliphatic rings. The Morgan fingerprint density at radius 1 is 1.22 bits per heavy atom. The van der Waals surface area contributed by atoms with Crippen molar-refractivity contribution >= 4 is 17.6 Å². The first kappa shape index (κ1) is 11.7. The fourth-order valence-corrected chi connectivity index (χ4v) is 1.28. The number of nitrogens with one attached hydrogen (secondary N) is 1. The summed E-state index contributed by atoms with van der Waals surface area (Å²) in [6.45, 7) is 0. The second-order valence-corrected chi connectivity index (χ2v) is 3.43. The van der Waals surface area contributed by atoms with E-state index in [0.717, 1.165) is 5.69 Å². The van der Waals surface area contributed by atoms with Gasteiger partial charge in [0.25, 0.3) is 5.69 Å². The molecule has 0 aliphatic carbocycles. The third-order valence-corrected chi connectivity index (χ3v) is 2.16. The van der Waals surface area contributed by atoms with Crippen molar-refractivity contribution in [1.29, 1.82) is 0 Å². The van der Waals surface area contributed by atoms with E-state index >= 15 is 0 Å². The molecule has 90 valence electrons. The van der Waals surface area contributed by atoms with Gasteiger partial charge in [-0.25, -0.2) is 0 Å². The molecule has 0 unspecified atom stereocenters. The quantitative estimate of drug-likeness (QED) is 0.507. The number of hydrogen-bond donors (Lipinski definition) is 1. The zero-order valence-corrected chi connectivity index (χ0v) is 9.35. The zero-order valence-electron chi connectivity index (χ0n) is 9.35. The minimum atomic E-state index is -0.444. The SMILES string of the molecule is O=[N+]([O-])c1ccc(NN=Cc2ccccn2)cc1. The molecule has 6 nitrogen and oxygen atoms in total. The molecule has 0 bridgehead atoms. The fourth-order valence-electron chi connectivity index (χ4n) is 1.28. The average molecular weight is 242 g/mol. The van der Waals surface area contributed by atoms with Crippen LogP contribution in [0.5, 0.6) is 0 Å². The topological polar surface area (TPSA) is 80.4 Å². The van der Waals surface area contributed by atoms with Crippen LogP contribution in [0, 0.1) is 10.1 Å². The van der Waals surface area contributed by atoms with Gasteiger partial charge in [-0.2, -0.15) is 5.10 Å². The van der Waals surface area contributed by atoms with Crippen molar-refractivity contribution in [3.63, 3.8) is 0 Å². The van der Waals surface area contributed by atoms with Gasteiger partial charge < -0.3 is 0 Å². The van der Waals surface area contributed by atoms with Gasteiger partial charge in [-0.05, 0) is 24.3 Å². The molecular formula is C12H10N4O2. The molecular weight excluding hydrogens is 232 g/mol. The van der Waals surface area contributed by atoms with Crippen LogP contribution in [0.3, 0.4) is 0 Å². The Hall–Kier alpha value is -2.76. The van der Waals surface area contributed by atoms with Gasteiger partial charge in [0.2, 0.25) is 0 Å². The lowest BCUT2D eigenvalue weighted by Crippen LogP contribution is -1.93. The predicted molar refractivity (Wildman–Crippen MR) is 68.6 cm³/mol. The van der Waals surface area contributed by atoms with Crippen molar-refractivity contribution in [2.45, 2.75) is 0 Å². The van der Waals surface area contributed by atoms with E-state index in [1.165, 1.54) is 12.1 Å². The van der Waals surface area contributed by atoms with E-state index in [2.05, 4.69) is 15.5 Å². The van der Waals surface area contributed by atoms with E-state index in [1.54, 1.807) is 24.5 Å².